The molecule has 0 amide bonds. The molecule has 4 unspecified atom stereocenters. The maximum Gasteiger partial charge on any atom is 0.524 e. The third kappa shape index (κ3) is 2.56. The molecule has 24 heavy (non-hydrogen) atoms. The zero-order valence-corrected chi connectivity index (χ0v) is 15.0. The van der Waals surface area contributed by atoms with Gasteiger partial charge in [0, 0.05) is 0 Å². The predicted octanol–water partition coefficient (Wildman–Crippen LogP) is 4.57. The average Bonchev–Trinajstić information content (AvgIpc) is 2.81. The molecule has 3 aliphatic carbocycles. The summed E-state index contributed by atoms with van der Waals surface area (Å²) in [7, 11) is -4.49. The van der Waals surface area contributed by atoms with E-state index in [1.54, 1.807) is 6.07 Å². The van der Waals surface area contributed by atoms with Crippen molar-refractivity contribution in [1.82, 2.24) is 0 Å². The number of fused-ring (bicyclic) bond motifs is 5. The number of benzene rings is 1. The van der Waals surface area contributed by atoms with Gasteiger partial charge in [-0.05, 0) is 85.0 Å². The molecular weight excluding hydrogens is 323 g/mol. The molecule has 0 aromatic heterocycles. The Kier molecular flexibility index (Phi) is 3.72. The summed E-state index contributed by atoms with van der Waals surface area (Å²) in [6, 6.07) is 5.57. The summed E-state index contributed by atoms with van der Waals surface area (Å²) in [6.45, 7) is 6.76. The third-order valence-corrected chi connectivity index (χ3v) is 7.33. The van der Waals surface area contributed by atoms with Gasteiger partial charge in [0.2, 0.25) is 0 Å². The Morgan fingerprint density at radius 2 is 2.04 bits per heavy atom. The number of rotatable bonds is 2. The van der Waals surface area contributed by atoms with Crippen molar-refractivity contribution < 1.29 is 18.9 Å². The smallest absolute Gasteiger partial charge is 0.404 e. The van der Waals surface area contributed by atoms with E-state index in [0.29, 0.717) is 17.3 Å². The third-order valence-electron chi connectivity index (χ3n) is 6.88. The molecule has 2 saturated carbocycles. The van der Waals surface area contributed by atoms with Gasteiger partial charge in [-0.3, -0.25) is 9.79 Å². The lowest BCUT2D eigenvalue weighted by Gasteiger charge is -2.49. The van der Waals surface area contributed by atoms with Crippen LogP contribution in [0.15, 0.2) is 30.4 Å². The molecule has 5 heteroatoms. The lowest BCUT2D eigenvalue weighted by Crippen LogP contribution is -2.40. The number of phosphoric ester groups is 1. The number of hydrogen-bond acceptors (Lipinski definition) is 2. The minimum atomic E-state index is -4.49. The molecule has 0 spiro atoms. The highest BCUT2D eigenvalue weighted by Gasteiger charge is 2.51. The van der Waals surface area contributed by atoms with E-state index in [4.69, 9.17) is 14.3 Å². The average molecular weight is 348 g/mol. The monoisotopic (exact) mass is 348 g/mol. The highest BCUT2D eigenvalue weighted by molar-refractivity contribution is 7.46. The Morgan fingerprint density at radius 1 is 1.25 bits per heavy atom. The molecule has 2 fully saturated rings. The number of phosphoric acid groups is 1. The Hall–Kier alpha value is -1.09. The predicted molar refractivity (Wildman–Crippen MR) is 92.9 cm³/mol. The van der Waals surface area contributed by atoms with Gasteiger partial charge in [-0.1, -0.05) is 25.1 Å². The first-order valence-electron chi connectivity index (χ1n) is 8.84. The van der Waals surface area contributed by atoms with Crippen molar-refractivity contribution in [2.24, 2.45) is 17.3 Å². The number of hydrogen-bond donors (Lipinski definition) is 2. The summed E-state index contributed by atoms with van der Waals surface area (Å²) in [5.41, 5.74) is 4.33. The van der Waals surface area contributed by atoms with Gasteiger partial charge in [-0.25, -0.2) is 4.57 Å². The lowest BCUT2D eigenvalue weighted by atomic mass is 9.55. The SMILES string of the molecule is C=C1CCC2C3CCc4cc(OP(=O)(O)O)ccc4C3CCC12C. The van der Waals surface area contributed by atoms with Gasteiger partial charge in [0.25, 0.3) is 0 Å². The second-order valence-corrected chi connectivity index (χ2v) is 9.12. The number of allylic oxidation sites excluding steroid dienone is 1. The van der Waals surface area contributed by atoms with E-state index in [-0.39, 0.29) is 5.75 Å². The van der Waals surface area contributed by atoms with Crippen LogP contribution in [0.1, 0.15) is 56.1 Å². The summed E-state index contributed by atoms with van der Waals surface area (Å²) in [4.78, 5) is 18.0. The molecule has 4 atom stereocenters. The van der Waals surface area contributed by atoms with Gasteiger partial charge in [-0.15, -0.1) is 0 Å². The Morgan fingerprint density at radius 3 is 2.79 bits per heavy atom. The second kappa shape index (κ2) is 5.45. The first-order chi connectivity index (χ1) is 11.3. The fraction of sp³-hybridized carbons (Fsp3) is 0.579. The second-order valence-electron chi connectivity index (χ2n) is 7.96. The molecule has 0 bridgehead atoms. The molecule has 1 aromatic carbocycles. The van der Waals surface area contributed by atoms with Crippen LogP contribution in [0.25, 0.3) is 0 Å². The number of aryl methyl sites for hydroxylation is 1. The fourth-order valence-electron chi connectivity index (χ4n) is 5.66. The van der Waals surface area contributed by atoms with Crippen molar-refractivity contribution >= 4 is 7.82 Å². The van der Waals surface area contributed by atoms with Crippen LogP contribution >= 0.6 is 7.82 Å². The molecule has 0 aliphatic heterocycles. The quantitative estimate of drug-likeness (QED) is 0.607. The van der Waals surface area contributed by atoms with Crippen LogP contribution < -0.4 is 4.52 Å². The van der Waals surface area contributed by atoms with E-state index < -0.39 is 7.82 Å². The van der Waals surface area contributed by atoms with Crippen LogP contribution in [-0.2, 0) is 11.0 Å². The highest BCUT2D eigenvalue weighted by Crippen LogP contribution is 2.62. The minimum absolute atomic E-state index is 0.274. The normalized spacial score (nSPS) is 35.1. The van der Waals surface area contributed by atoms with Gasteiger partial charge in [-0.2, -0.15) is 0 Å². The molecule has 0 radical (unpaired) electrons. The molecule has 4 nitrogen and oxygen atoms in total. The van der Waals surface area contributed by atoms with Gasteiger partial charge in [0.05, 0.1) is 0 Å². The van der Waals surface area contributed by atoms with Crippen molar-refractivity contribution in [2.45, 2.75) is 51.4 Å². The minimum Gasteiger partial charge on any atom is -0.404 e. The Balaban J connectivity index is 1.64. The molecule has 1 aromatic rings. The summed E-state index contributed by atoms with van der Waals surface area (Å²) in [6.07, 6.45) is 6.95. The van der Waals surface area contributed by atoms with Crippen LogP contribution in [0.2, 0.25) is 0 Å². The standard InChI is InChI=1S/C19H25O4P/c1-12-3-8-18-17-6-4-13-11-14(23-24(20,21)22)5-7-15(13)16(17)9-10-19(12,18)2/h5,7,11,16-18H,1,3-4,6,8-10H2,2H3,(H2,20,21,22). The Bertz CT molecular complexity index is 737. The zero-order chi connectivity index (χ0) is 17.1. The van der Waals surface area contributed by atoms with Crippen LogP contribution in [0.4, 0.5) is 0 Å². The summed E-state index contributed by atoms with van der Waals surface area (Å²) in [5, 5.41) is 0. The lowest BCUT2D eigenvalue weighted by molar-refractivity contribution is 0.0816. The van der Waals surface area contributed by atoms with E-state index in [0.717, 1.165) is 18.8 Å². The van der Waals surface area contributed by atoms with Gasteiger partial charge in [0.15, 0.2) is 0 Å². The fourth-order valence-corrected chi connectivity index (χ4v) is 6.05. The van der Waals surface area contributed by atoms with Crippen LogP contribution in [-0.4, -0.2) is 9.79 Å². The van der Waals surface area contributed by atoms with Crippen molar-refractivity contribution in [2.75, 3.05) is 0 Å². The van der Waals surface area contributed by atoms with Crippen LogP contribution in [0.5, 0.6) is 5.75 Å². The topological polar surface area (TPSA) is 66.8 Å². The summed E-state index contributed by atoms with van der Waals surface area (Å²) in [5.74, 6) is 2.30. The van der Waals surface area contributed by atoms with Crippen molar-refractivity contribution in [3.05, 3.63) is 41.5 Å². The summed E-state index contributed by atoms with van der Waals surface area (Å²) >= 11 is 0. The van der Waals surface area contributed by atoms with E-state index in [2.05, 4.69) is 13.5 Å². The zero-order valence-electron chi connectivity index (χ0n) is 14.1. The maximum atomic E-state index is 11.1. The largest absolute Gasteiger partial charge is 0.524 e. The summed E-state index contributed by atoms with van der Waals surface area (Å²) < 4.78 is 15.8. The molecule has 0 heterocycles. The van der Waals surface area contributed by atoms with E-state index in [1.807, 2.05) is 12.1 Å². The molecule has 4 rings (SSSR count). The van der Waals surface area contributed by atoms with Crippen molar-refractivity contribution in [3.8, 4) is 5.75 Å². The Labute approximate surface area is 143 Å². The van der Waals surface area contributed by atoms with Gasteiger partial charge < -0.3 is 4.52 Å². The first-order valence-corrected chi connectivity index (χ1v) is 10.4. The van der Waals surface area contributed by atoms with E-state index in [9.17, 15) is 4.57 Å². The molecular formula is C19H25O4P. The maximum absolute atomic E-state index is 11.1. The van der Waals surface area contributed by atoms with Gasteiger partial charge >= 0.3 is 7.82 Å². The molecule has 130 valence electrons. The van der Waals surface area contributed by atoms with Crippen molar-refractivity contribution in [1.29, 1.82) is 0 Å². The van der Waals surface area contributed by atoms with Crippen LogP contribution in [0.3, 0.4) is 0 Å². The highest BCUT2D eigenvalue weighted by atomic mass is 31.2. The van der Waals surface area contributed by atoms with Gasteiger partial charge in [0.1, 0.15) is 5.75 Å². The van der Waals surface area contributed by atoms with E-state index in [1.165, 1.54) is 42.4 Å². The molecule has 2 N–H and O–H groups in total. The molecule has 0 saturated heterocycles. The van der Waals surface area contributed by atoms with Crippen molar-refractivity contribution in [3.63, 3.8) is 0 Å². The van der Waals surface area contributed by atoms with E-state index >= 15 is 0 Å². The van der Waals surface area contributed by atoms with Crippen LogP contribution in [0, 0.1) is 17.3 Å². The molecule has 3 aliphatic rings. The first kappa shape index (κ1) is 16.4.